The number of thiocarbonyl (C=S) groups is 1. The summed E-state index contributed by atoms with van der Waals surface area (Å²) in [4.78, 5) is 0.351. The third kappa shape index (κ3) is 3.88. The molecule has 0 bridgehead atoms. The van der Waals surface area contributed by atoms with Gasteiger partial charge in [0.1, 0.15) is 0 Å². The van der Waals surface area contributed by atoms with E-state index in [0.29, 0.717) is 30.5 Å². The maximum Gasteiger partial charge on any atom is 0.281 e. The lowest BCUT2D eigenvalue weighted by atomic mass is 10.0. The number of rotatable bonds is 5. The Labute approximate surface area is 115 Å². The molecule has 2 N–H and O–H groups in total. The van der Waals surface area contributed by atoms with Crippen molar-refractivity contribution in [3.63, 3.8) is 0 Å². The molecule has 0 aromatic rings. The van der Waals surface area contributed by atoms with E-state index < -0.39 is 10.2 Å². The zero-order chi connectivity index (χ0) is 13.9. The molecule has 0 aromatic carbocycles. The molecule has 1 saturated heterocycles. The van der Waals surface area contributed by atoms with E-state index in [0.717, 1.165) is 12.8 Å². The SMILES string of the molecule is CC1CCCN(S(=O)(=O)N(C)CC(C)C(N)=S)C1. The number of piperidine rings is 1. The molecule has 1 fully saturated rings. The van der Waals surface area contributed by atoms with Gasteiger partial charge in [0.2, 0.25) is 0 Å². The summed E-state index contributed by atoms with van der Waals surface area (Å²) in [6, 6.07) is 0. The molecule has 2 unspecified atom stereocenters. The van der Waals surface area contributed by atoms with Crippen LogP contribution in [0.1, 0.15) is 26.7 Å². The molecule has 0 aromatic heterocycles. The molecule has 1 aliphatic rings. The van der Waals surface area contributed by atoms with E-state index in [4.69, 9.17) is 18.0 Å². The van der Waals surface area contributed by atoms with Crippen molar-refractivity contribution in [3.05, 3.63) is 0 Å². The minimum atomic E-state index is -3.37. The van der Waals surface area contributed by atoms with Crippen molar-refractivity contribution in [2.75, 3.05) is 26.7 Å². The first-order chi connectivity index (χ1) is 8.25. The predicted octanol–water partition coefficient (Wildman–Crippen LogP) is 0.817. The Morgan fingerprint density at radius 3 is 2.72 bits per heavy atom. The van der Waals surface area contributed by atoms with Crippen molar-refractivity contribution in [2.24, 2.45) is 17.6 Å². The van der Waals surface area contributed by atoms with Crippen LogP contribution in [0.5, 0.6) is 0 Å². The van der Waals surface area contributed by atoms with Crippen LogP contribution in [0.15, 0.2) is 0 Å². The van der Waals surface area contributed by atoms with Crippen LogP contribution in [0.25, 0.3) is 0 Å². The first-order valence-electron chi connectivity index (χ1n) is 6.26. The van der Waals surface area contributed by atoms with Gasteiger partial charge in [-0.15, -0.1) is 0 Å². The predicted molar refractivity (Wildman–Crippen MR) is 77.5 cm³/mol. The lowest BCUT2D eigenvalue weighted by Crippen LogP contribution is -2.48. The standard InChI is InChI=1S/C11H23N3O2S2/c1-9-5-4-6-14(7-9)18(15,16)13(3)8-10(2)11(12)17/h9-10H,4-8H2,1-3H3,(H2,12,17). The van der Waals surface area contributed by atoms with Gasteiger partial charge in [-0.05, 0) is 18.8 Å². The second-order valence-electron chi connectivity index (χ2n) is 5.20. The zero-order valence-corrected chi connectivity index (χ0v) is 12.9. The Morgan fingerprint density at radius 1 is 1.61 bits per heavy atom. The Bertz CT molecular complexity index is 397. The van der Waals surface area contributed by atoms with Crippen LogP contribution in [-0.4, -0.2) is 48.7 Å². The van der Waals surface area contributed by atoms with E-state index in [1.54, 1.807) is 11.4 Å². The molecule has 0 aliphatic carbocycles. The summed E-state index contributed by atoms with van der Waals surface area (Å²) in [5.74, 6) is 0.317. The van der Waals surface area contributed by atoms with Crippen LogP contribution in [-0.2, 0) is 10.2 Å². The Morgan fingerprint density at radius 2 is 2.22 bits per heavy atom. The molecule has 1 heterocycles. The van der Waals surface area contributed by atoms with Crippen LogP contribution >= 0.6 is 12.2 Å². The first-order valence-corrected chi connectivity index (χ1v) is 8.06. The molecular formula is C11H23N3O2S2. The van der Waals surface area contributed by atoms with Gasteiger partial charge >= 0.3 is 0 Å². The van der Waals surface area contributed by atoms with Gasteiger partial charge in [-0.3, -0.25) is 0 Å². The summed E-state index contributed by atoms with van der Waals surface area (Å²) in [5, 5.41) is 0. The smallest absolute Gasteiger partial charge is 0.281 e. The fraction of sp³-hybridized carbons (Fsp3) is 0.909. The van der Waals surface area contributed by atoms with Crippen LogP contribution in [0, 0.1) is 11.8 Å². The monoisotopic (exact) mass is 293 g/mol. The minimum absolute atomic E-state index is 0.109. The third-order valence-corrected chi connectivity index (χ3v) is 5.68. The molecule has 5 nitrogen and oxygen atoms in total. The normalized spacial score (nSPS) is 24.1. The highest BCUT2D eigenvalue weighted by Crippen LogP contribution is 2.20. The molecule has 0 spiro atoms. The first kappa shape index (κ1) is 15.8. The highest BCUT2D eigenvalue weighted by Gasteiger charge is 2.31. The third-order valence-electron chi connectivity index (χ3n) is 3.36. The van der Waals surface area contributed by atoms with Gasteiger partial charge in [-0.25, -0.2) is 0 Å². The van der Waals surface area contributed by atoms with E-state index in [1.165, 1.54) is 4.31 Å². The summed E-state index contributed by atoms with van der Waals surface area (Å²) in [5.41, 5.74) is 5.52. The Balaban J connectivity index is 2.70. The second kappa shape index (κ2) is 6.27. The van der Waals surface area contributed by atoms with Crippen molar-refractivity contribution >= 4 is 27.4 Å². The summed E-state index contributed by atoms with van der Waals surface area (Å²) in [6.07, 6.45) is 2.03. The van der Waals surface area contributed by atoms with Gasteiger partial charge in [0.15, 0.2) is 0 Å². The number of nitrogens with two attached hydrogens (primary N) is 1. The zero-order valence-electron chi connectivity index (χ0n) is 11.3. The highest BCUT2D eigenvalue weighted by molar-refractivity contribution is 7.86. The van der Waals surface area contributed by atoms with Gasteiger partial charge in [0.25, 0.3) is 10.2 Å². The summed E-state index contributed by atoms with van der Waals surface area (Å²) in [6.45, 7) is 5.47. The van der Waals surface area contributed by atoms with E-state index >= 15 is 0 Å². The van der Waals surface area contributed by atoms with Crippen molar-refractivity contribution in [2.45, 2.75) is 26.7 Å². The van der Waals surface area contributed by atoms with Crippen LogP contribution in [0.3, 0.4) is 0 Å². The lowest BCUT2D eigenvalue weighted by Gasteiger charge is -2.33. The summed E-state index contributed by atoms with van der Waals surface area (Å²) in [7, 11) is -1.79. The fourth-order valence-corrected chi connectivity index (χ4v) is 3.81. The molecule has 0 radical (unpaired) electrons. The lowest BCUT2D eigenvalue weighted by molar-refractivity contribution is 0.262. The van der Waals surface area contributed by atoms with Crippen molar-refractivity contribution < 1.29 is 8.42 Å². The fourth-order valence-electron chi connectivity index (χ4n) is 2.12. The maximum atomic E-state index is 12.4. The minimum Gasteiger partial charge on any atom is -0.393 e. The molecule has 106 valence electrons. The molecule has 0 amide bonds. The Kier molecular flexibility index (Phi) is 5.51. The summed E-state index contributed by atoms with van der Waals surface area (Å²) >= 11 is 4.88. The summed E-state index contributed by atoms with van der Waals surface area (Å²) < 4.78 is 27.6. The van der Waals surface area contributed by atoms with Crippen LogP contribution in [0.2, 0.25) is 0 Å². The van der Waals surface area contributed by atoms with Crippen molar-refractivity contribution in [3.8, 4) is 0 Å². The molecule has 1 rings (SSSR count). The van der Waals surface area contributed by atoms with Gasteiger partial charge in [-0.1, -0.05) is 26.1 Å². The molecule has 0 saturated carbocycles. The average molecular weight is 293 g/mol. The van der Waals surface area contributed by atoms with Gasteiger partial charge in [-0.2, -0.15) is 17.0 Å². The molecule has 2 atom stereocenters. The van der Waals surface area contributed by atoms with Gasteiger partial charge in [0, 0.05) is 32.6 Å². The van der Waals surface area contributed by atoms with Gasteiger partial charge < -0.3 is 5.73 Å². The average Bonchev–Trinajstić information content (AvgIpc) is 2.28. The molecule has 18 heavy (non-hydrogen) atoms. The number of hydrogen-bond donors (Lipinski definition) is 1. The van der Waals surface area contributed by atoms with E-state index in [-0.39, 0.29) is 5.92 Å². The Hall–Kier alpha value is -0.240. The highest BCUT2D eigenvalue weighted by atomic mass is 32.2. The van der Waals surface area contributed by atoms with Gasteiger partial charge in [0.05, 0.1) is 4.99 Å². The maximum absolute atomic E-state index is 12.4. The second-order valence-corrected chi connectivity index (χ2v) is 7.70. The topological polar surface area (TPSA) is 66.6 Å². The van der Waals surface area contributed by atoms with Crippen LogP contribution < -0.4 is 5.73 Å². The van der Waals surface area contributed by atoms with Crippen LogP contribution in [0.4, 0.5) is 0 Å². The molecule has 7 heteroatoms. The van der Waals surface area contributed by atoms with E-state index in [1.807, 2.05) is 6.92 Å². The van der Waals surface area contributed by atoms with E-state index in [9.17, 15) is 8.42 Å². The number of nitrogens with zero attached hydrogens (tertiary/aromatic N) is 2. The molecule has 1 aliphatic heterocycles. The largest absolute Gasteiger partial charge is 0.393 e. The van der Waals surface area contributed by atoms with E-state index in [2.05, 4.69) is 6.92 Å². The number of hydrogen-bond acceptors (Lipinski definition) is 3. The quantitative estimate of drug-likeness (QED) is 0.762. The van der Waals surface area contributed by atoms with Crippen molar-refractivity contribution in [1.82, 2.24) is 8.61 Å². The van der Waals surface area contributed by atoms with Crippen molar-refractivity contribution in [1.29, 1.82) is 0 Å². The molecular weight excluding hydrogens is 270 g/mol.